The Balaban J connectivity index is 1.88. The summed E-state index contributed by atoms with van der Waals surface area (Å²) in [5, 5.41) is 3.65. The third-order valence-electron chi connectivity index (χ3n) is 4.32. The van der Waals surface area contributed by atoms with E-state index in [2.05, 4.69) is 51.2 Å². The molecule has 1 aliphatic carbocycles. The Morgan fingerprint density at radius 1 is 1.17 bits per heavy atom. The fourth-order valence-electron chi connectivity index (χ4n) is 2.41. The smallest absolute Gasteiger partial charge is 0.00683 e. The SMILES string of the molecule is Cc1ccc(C)c(CC(C)C(C)CNC2CC2)c1. The van der Waals surface area contributed by atoms with Crippen molar-refractivity contribution in [1.29, 1.82) is 0 Å². The fourth-order valence-corrected chi connectivity index (χ4v) is 2.41. The molecule has 2 atom stereocenters. The minimum absolute atomic E-state index is 0.747. The molecule has 0 heterocycles. The zero-order valence-corrected chi connectivity index (χ0v) is 12.3. The summed E-state index contributed by atoms with van der Waals surface area (Å²) in [5.74, 6) is 1.50. The van der Waals surface area contributed by atoms with E-state index in [-0.39, 0.29) is 0 Å². The molecule has 2 unspecified atom stereocenters. The number of nitrogens with one attached hydrogen (secondary N) is 1. The van der Waals surface area contributed by atoms with Crippen LogP contribution in [0.1, 0.15) is 43.4 Å². The van der Waals surface area contributed by atoms with Crippen molar-refractivity contribution < 1.29 is 0 Å². The van der Waals surface area contributed by atoms with Gasteiger partial charge in [0, 0.05) is 6.04 Å². The second-order valence-corrected chi connectivity index (χ2v) is 6.27. The molecule has 0 aromatic heterocycles. The van der Waals surface area contributed by atoms with Crippen LogP contribution in [0.2, 0.25) is 0 Å². The van der Waals surface area contributed by atoms with Crippen molar-refractivity contribution in [2.75, 3.05) is 6.54 Å². The van der Waals surface area contributed by atoms with E-state index in [1.54, 1.807) is 0 Å². The lowest BCUT2D eigenvalue weighted by atomic mass is 9.87. The van der Waals surface area contributed by atoms with Gasteiger partial charge in [0.1, 0.15) is 0 Å². The van der Waals surface area contributed by atoms with Crippen molar-refractivity contribution in [2.45, 2.75) is 53.0 Å². The van der Waals surface area contributed by atoms with Gasteiger partial charge in [-0.2, -0.15) is 0 Å². The predicted octanol–water partition coefficient (Wildman–Crippen LogP) is 3.87. The number of benzene rings is 1. The Labute approximate surface area is 112 Å². The van der Waals surface area contributed by atoms with E-state index in [4.69, 9.17) is 0 Å². The first kappa shape index (κ1) is 13.6. The largest absolute Gasteiger partial charge is 0.314 e. The summed E-state index contributed by atoms with van der Waals surface area (Å²) in [6.45, 7) is 10.4. The average Bonchev–Trinajstić information content (AvgIpc) is 3.14. The standard InChI is InChI=1S/C17H27N/c1-12-5-6-13(2)16(9-12)10-14(3)15(4)11-18-17-7-8-17/h5-6,9,14-15,17-18H,7-8,10-11H2,1-4H3. The molecule has 0 amide bonds. The van der Waals surface area contributed by atoms with Crippen LogP contribution in [0.4, 0.5) is 0 Å². The lowest BCUT2D eigenvalue weighted by molar-refractivity contribution is 0.363. The Hall–Kier alpha value is -0.820. The summed E-state index contributed by atoms with van der Waals surface area (Å²) in [7, 11) is 0. The third kappa shape index (κ3) is 3.84. The number of rotatable bonds is 6. The molecule has 1 aromatic rings. The molecule has 1 heteroatoms. The normalized spacial score (nSPS) is 18.7. The van der Waals surface area contributed by atoms with Crippen LogP contribution in [0, 0.1) is 25.7 Å². The average molecular weight is 245 g/mol. The van der Waals surface area contributed by atoms with E-state index < -0.39 is 0 Å². The quantitative estimate of drug-likeness (QED) is 0.802. The third-order valence-corrected chi connectivity index (χ3v) is 4.32. The van der Waals surface area contributed by atoms with Crippen LogP contribution in [0.5, 0.6) is 0 Å². The zero-order chi connectivity index (χ0) is 13.1. The van der Waals surface area contributed by atoms with Crippen LogP contribution in [-0.2, 0) is 6.42 Å². The van der Waals surface area contributed by atoms with Crippen molar-refractivity contribution in [3.05, 3.63) is 34.9 Å². The first-order chi connectivity index (χ1) is 8.56. The molecular weight excluding hydrogens is 218 g/mol. The van der Waals surface area contributed by atoms with E-state index in [1.165, 1.54) is 42.5 Å². The van der Waals surface area contributed by atoms with Gasteiger partial charge >= 0.3 is 0 Å². The Bertz CT molecular complexity index is 393. The summed E-state index contributed by atoms with van der Waals surface area (Å²) in [6, 6.07) is 7.65. The maximum absolute atomic E-state index is 3.65. The summed E-state index contributed by atoms with van der Waals surface area (Å²) in [6.07, 6.45) is 3.98. The molecule has 0 bridgehead atoms. The van der Waals surface area contributed by atoms with E-state index in [0.717, 1.165) is 17.9 Å². The highest BCUT2D eigenvalue weighted by atomic mass is 14.9. The van der Waals surface area contributed by atoms with E-state index in [1.807, 2.05) is 0 Å². The molecule has 0 radical (unpaired) electrons. The highest BCUT2D eigenvalue weighted by molar-refractivity contribution is 5.30. The summed E-state index contributed by atoms with van der Waals surface area (Å²) in [5.41, 5.74) is 4.35. The maximum atomic E-state index is 3.65. The minimum Gasteiger partial charge on any atom is -0.314 e. The molecular formula is C17H27N. The number of hydrogen-bond acceptors (Lipinski definition) is 1. The lowest BCUT2D eigenvalue weighted by Gasteiger charge is -2.21. The monoisotopic (exact) mass is 245 g/mol. The molecule has 2 rings (SSSR count). The molecule has 1 aliphatic rings. The van der Waals surface area contributed by atoms with Gasteiger partial charge in [0.05, 0.1) is 0 Å². The van der Waals surface area contributed by atoms with Gasteiger partial charge in [-0.1, -0.05) is 37.6 Å². The summed E-state index contributed by atoms with van der Waals surface area (Å²) >= 11 is 0. The van der Waals surface area contributed by atoms with E-state index >= 15 is 0 Å². The van der Waals surface area contributed by atoms with Crippen LogP contribution in [0.15, 0.2) is 18.2 Å². The van der Waals surface area contributed by atoms with Gasteiger partial charge in [-0.3, -0.25) is 0 Å². The van der Waals surface area contributed by atoms with Gasteiger partial charge in [-0.05, 0) is 62.6 Å². The molecule has 1 aromatic carbocycles. The Kier molecular flexibility index (Phi) is 4.45. The highest BCUT2D eigenvalue weighted by Gasteiger charge is 2.22. The van der Waals surface area contributed by atoms with Crippen LogP contribution < -0.4 is 5.32 Å². The molecule has 1 fully saturated rings. The van der Waals surface area contributed by atoms with Crippen LogP contribution in [0.25, 0.3) is 0 Å². The molecule has 0 aliphatic heterocycles. The molecule has 0 spiro atoms. The second-order valence-electron chi connectivity index (χ2n) is 6.27. The Morgan fingerprint density at radius 3 is 2.56 bits per heavy atom. The summed E-state index contributed by atoms with van der Waals surface area (Å²) in [4.78, 5) is 0. The Morgan fingerprint density at radius 2 is 1.89 bits per heavy atom. The van der Waals surface area contributed by atoms with Crippen molar-refractivity contribution in [3.8, 4) is 0 Å². The molecule has 18 heavy (non-hydrogen) atoms. The van der Waals surface area contributed by atoms with Gasteiger partial charge in [0.25, 0.3) is 0 Å². The van der Waals surface area contributed by atoms with Crippen LogP contribution in [0.3, 0.4) is 0 Å². The van der Waals surface area contributed by atoms with Crippen LogP contribution >= 0.6 is 0 Å². The van der Waals surface area contributed by atoms with Crippen molar-refractivity contribution >= 4 is 0 Å². The molecule has 1 nitrogen and oxygen atoms in total. The predicted molar refractivity (Wildman–Crippen MR) is 79.0 cm³/mol. The second kappa shape index (κ2) is 5.88. The van der Waals surface area contributed by atoms with Crippen molar-refractivity contribution in [2.24, 2.45) is 11.8 Å². The van der Waals surface area contributed by atoms with E-state index in [9.17, 15) is 0 Å². The first-order valence-corrected chi connectivity index (χ1v) is 7.35. The maximum Gasteiger partial charge on any atom is 0.00683 e. The van der Waals surface area contributed by atoms with Gasteiger partial charge in [-0.15, -0.1) is 0 Å². The van der Waals surface area contributed by atoms with E-state index in [0.29, 0.717) is 0 Å². The first-order valence-electron chi connectivity index (χ1n) is 7.35. The van der Waals surface area contributed by atoms with Gasteiger partial charge in [0.2, 0.25) is 0 Å². The van der Waals surface area contributed by atoms with Gasteiger partial charge in [0.15, 0.2) is 0 Å². The molecule has 1 saturated carbocycles. The minimum atomic E-state index is 0.747. The molecule has 100 valence electrons. The fraction of sp³-hybridized carbons (Fsp3) is 0.647. The number of aryl methyl sites for hydroxylation is 2. The molecule has 1 N–H and O–H groups in total. The van der Waals surface area contributed by atoms with Crippen molar-refractivity contribution in [3.63, 3.8) is 0 Å². The number of hydrogen-bond donors (Lipinski definition) is 1. The summed E-state index contributed by atoms with van der Waals surface area (Å²) < 4.78 is 0. The highest BCUT2D eigenvalue weighted by Crippen LogP contribution is 2.23. The lowest BCUT2D eigenvalue weighted by Crippen LogP contribution is -2.27. The molecule has 0 saturated heterocycles. The topological polar surface area (TPSA) is 12.0 Å². The van der Waals surface area contributed by atoms with Gasteiger partial charge < -0.3 is 5.32 Å². The zero-order valence-electron chi connectivity index (χ0n) is 12.3. The van der Waals surface area contributed by atoms with Crippen molar-refractivity contribution in [1.82, 2.24) is 5.32 Å². The van der Waals surface area contributed by atoms with Crippen LogP contribution in [-0.4, -0.2) is 12.6 Å². The van der Waals surface area contributed by atoms with Gasteiger partial charge in [-0.25, -0.2) is 0 Å².